The van der Waals surface area contributed by atoms with E-state index in [9.17, 15) is 9.59 Å². The predicted molar refractivity (Wildman–Crippen MR) is 60.9 cm³/mol. The van der Waals surface area contributed by atoms with Crippen molar-refractivity contribution in [3.8, 4) is 0 Å². The first-order chi connectivity index (χ1) is 7.88. The van der Waals surface area contributed by atoms with Crippen molar-refractivity contribution in [1.29, 1.82) is 0 Å². The van der Waals surface area contributed by atoms with Crippen LogP contribution in [0.15, 0.2) is 18.5 Å². The molecule has 0 atom stereocenters. The van der Waals surface area contributed by atoms with Crippen LogP contribution >= 0.6 is 0 Å². The molecule has 0 fully saturated rings. The van der Waals surface area contributed by atoms with Crippen LogP contribution in [0, 0.1) is 0 Å². The zero-order valence-corrected chi connectivity index (χ0v) is 9.85. The second kappa shape index (κ2) is 4.92. The summed E-state index contributed by atoms with van der Waals surface area (Å²) in [5.41, 5.74) is -0.901. The fraction of sp³-hybridized carbons (Fsp3) is 0.364. The minimum atomic E-state index is -1.13. The number of aromatic nitrogens is 1. The molecule has 0 saturated carbocycles. The first-order valence-corrected chi connectivity index (χ1v) is 4.92. The molecule has 0 aliphatic carbocycles. The molecule has 0 aromatic carbocycles. The van der Waals surface area contributed by atoms with Gasteiger partial charge in [0.05, 0.1) is 17.4 Å². The number of carboxylic acid groups (broad SMARTS) is 1. The largest absolute Gasteiger partial charge is 0.478 e. The van der Waals surface area contributed by atoms with Crippen molar-refractivity contribution >= 4 is 17.6 Å². The molecule has 1 heterocycles. The van der Waals surface area contributed by atoms with Gasteiger partial charge in [0.1, 0.15) is 5.60 Å². The van der Waals surface area contributed by atoms with Crippen LogP contribution in [-0.2, 0) is 9.53 Å². The van der Waals surface area contributed by atoms with E-state index in [-0.39, 0.29) is 11.3 Å². The Hall–Kier alpha value is -1.95. The van der Waals surface area contributed by atoms with Crippen LogP contribution in [0.25, 0.3) is 0 Å². The van der Waals surface area contributed by atoms with Crippen molar-refractivity contribution in [3.63, 3.8) is 0 Å². The Labute approximate surface area is 98.6 Å². The van der Waals surface area contributed by atoms with E-state index in [0.29, 0.717) is 0 Å². The zero-order chi connectivity index (χ0) is 13.1. The molecule has 0 spiro atoms. The summed E-state index contributed by atoms with van der Waals surface area (Å²) < 4.78 is 4.99. The van der Waals surface area contributed by atoms with E-state index in [0.717, 1.165) is 0 Å². The molecule has 6 nitrogen and oxygen atoms in total. The molecule has 0 aliphatic rings. The average molecular weight is 238 g/mol. The van der Waals surface area contributed by atoms with Crippen LogP contribution < -0.4 is 5.32 Å². The molecule has 1 rings (SSSR count). The van der Waals surface area contributed by atoms with Crippen LogP contribution in [0.3, 0.4) is 0 Å². The van der Waals surface area contributed by atoms with Gasteiger partial charge in [-0.2, -0.15) is 0 Å². The lowest BCUT2D eigenvalue weighted by atomic mass is 10.1. The van der Waals surface area contributed by atoms with E-state index in [1.54, 1.807) is 13.8 Å². The van der Waals surface area contributed by atoms with E-state index in [1.165, 1.54) is 25.6 Å². The lowest BCUT2D eigenvalue weighted by Gasteiger charge is -2.21. The van der Waals surface area contributed by atoms with Gasteiger partial charge in [0.25, 0.3) is 5.91 Å². The van der Waals surface area contributed by atoms with E-state index < -0.39 is 17.5 Å². The Morgan fingerprint density at radius 2 is 2.12 bits per heavy atom. The van der Waals surface area contributed by atoms with Crippen LogP contribution in [0.2, 0.25) is 0 Å². The number of anilines is 1. The van der Waals surface area contributed by atoms with Gasteiger partial charge < -0.3 is 15.2 Å². The Morgan fingerprint density at radius 3 is 2.65 bits per heavy atom. The number of nitrogens with zero attached hydrogens (tertiary/aromatic N) is 1. The topological polar surface area (TPSA) is 88.5 Å². The Balaban J connectivity index is 2.97. The monoisotopic (exact) mass is 238 g/mol. The maximum absolute atomic E-state index is 11.8. The van der Waals surface area contributed by atoms with Crippen LogP contribution in [-0.4, -0.2) is 34.7 Å². The highest BCUT2D eigenvalue weighted by molar-refractivity contribution is 6.02. The maximum atomic E-state index is 11.8. The number of methoxy groups -OCH3 is 1. The summed E-state index contributed by atoms with van der Waals surface area (Å²) >= 11 is 0. The molecule has 0 bridgehead atoms. The van der Waals surface area contributed by atoms with Gasteiger partial charge in [-0.25, -0.2) is 4.79 Å². The Morgan fingerprint density at radius 1 is 1.47 bits per heavy atom. The zero-order valence-electron chi connectivity index (χ0n) is 9.85. The molecular weight excluding hydrogens is 224 g/mol. The lowest BCUT2D eigenvalue weighted by molar-refractivity contribution is -0.133. The minimum absolute atomic E-state index is 0.0137. The molecule has 6 heteroatoms. The molecule has 92 valence electrons. The molecule has 0 aliphatic heterocycles. The third-order valence-corrected chi connectivity index (χ3v) is 2.36. The maximum Gasteiger partial charge on any atom is 0.337 e. The number of hydrogen-bond acceptors (Lipinski definition) is 4. The molecule has 1 amide bonds. The van der Waals surface area contributed by atoms with E-state index in [4.69, 9.17) is 9.84 Å². The third kappa shape index (κ3) is 3.01. The number of rotatable bonds is 4. The number of amides is 1. The van der Waals surface area contributed by atoms with Gasteiger partial charge in [0.2, 0.25) is 0 Å². The van der Waals surface area contributed by atoms with Gasteiger partial charge in [0, 0.05) is 13.3 Å². The summed E-state index contributed by atoms with van der Waals surface area (Å²) in [6.45, 7) is 3.16. The van der Waals surface area contributed by atoms with Gasteiger partial charge >= 0.3 is 5.97 Å². The lowest BCUT2D eigenvalue weighted by Crippen LogP contribution is -2.39. The highest BCUT2D eigenvalue weighted by Gasteiger charge is 2.28. The molecule has 1 aromatic heterocycles. The molecular formula is C11H14N2O4. The smallest absolute Gasteiger partial charge is 0.337 e. The molecule has 2 N–H and O–H groups in total. The number of pyridine rings is 1. The normalized spacial score (nSPS) is 11.0. The first-order valence-electron chi connectivity index (χ1n) is 4.92. The van der Waals surface area contributed by atoms with Crippen molar-refractivity contribution in [2.45, 2.75) is 19.4 Å². The molecule has 1 aromatic rings. The van der Waals surface area contributed by atoms with Crippen molar-refractivity contribution in [1.82, 2.24) is 4.98 Å². The minimum Gasteiger partial charge on any atom is -0.478 e. The van der Waals surface area contributed by atoms with Crippen molar-refractivity contribution in [2.24, 2.45) is 0 Å². The number of hydrogen-bond donors (Lipinski definition) is 2. The number of carboxylic acids is 1. The summed E-state index contributed by atoms with van der Waals surface area (Å²) in [5, 5.41) is 11.4. The summed E-state index contributed by atoms with van der Waals surface area (Å²) in [5.74, 6) is -1.56. The Bertz CT molecular complexity index is 443. The average Bonchev–Trinajstić information content (AvgIpc) is 2.29. The van der Waals surface area contributed by atoms with Gasteiger partial charge in [-0.3, -0.25) is 9.78 Å². The summed E-state index contributed by atoms with van der Waals surface area (Å²) in [7, 11) is 1.40. The quantitative estimate of drug-likeness (QED) is 0.821. The fourth-order valence-electron chi connectivity index (χ4n) is 1.05. The van der Waals surface area contributed by atoms with Crippen molar-refractivity contribution < 1.29 is 19.4 Å². The van der Waals surface area contributed by atoms with Gasteiger partial charge in [-0.1, -0.05) is 0 Å². The molecule has 0 unspecified atom stereocenters. The molecule has 0 radical (unpaired) electrons. The highest BCUT2D eigenvalue weighted by atomic mass is 16.5. The fourth-order valence-corrected chi connectivity index (χ4v) is 1.05. The second-order valence-electron chi connectivity index (χ2n) is 3.89. The summed E-state index contributed by atoms with van der Waals surface area (Å²) in [6, 6.07) is 1.32. The van der Waals surface area contributed by atoms with Crippen LogP contribution in [0.4, 0.5) is 5.69 Å². The number of carbonyl (C=O) groups is 2. The van der Waals surface area contributed by atoms with Crippen molar-refractivity contribution in [2.75, 3.05) is 12.4 Å². The van der Waals surface area contributed by atoms with Crippen molar-refractivity contribution in [3.05, 3.63) is 24.0 Å². The SMILES string of the molecule is COC(C)(C)C(=O)Nc1cnccc1C(=O)O. The Kier molecular flexibility index (Phi) is 3.80. The van der Waals surface area contributed by atoms with Crippen LogP contribution in [0.1, 0.15) is 24.2 Å². The van der Waals surface area contributed by atoms with Gasteiger partial charge in [0.15, 0.2) is 0 Å². The van der Waals surface area contributed by atoms with Gasteiger partial charge in [-0.15, -0.1) is 0 Å². The third-order valence-electron chi connectivity index (χ3n) is 2.36. The number of ether oxygens (including phenoxy) is 1. The van der Waals surface area contributed by atoms with E-state index in [1.807, 2.05) is 0 Å². The van der Waals surface area contributed by atoms with Crippen LogP contribution in [0.5, 0.6) is 0 Å². The summed E-state index contributed by atoms with van der Waals surface area (Å²) in [4.78, 5) is 26.5. The number of nitrogens with one attached hydrogen (secondary N) is 1. The molecule has 17 heavy (non-hydrogen) atoms. The summed E-state index contributed by atoms with van der Waals surface area (Å²) in [6.07, 6.45) is 2.63. The molecule has 0 saturated heterocycles. The standard InChI is InChI=1S/C11H14N2O4/c1-11(2,17-3)10(16)13-8-6-12-5-4-7(8)9(14)15/h4-6H,1-3H3,(H,13,16)(H,14,15). The predicted octanol–water partition coefficient (Wildman–Crippen LogP) is 1.14. The first kappa shape index (κ1) is 13.1. The second-order valence-corrected chi connectivity index (χ2v) is 3.89. The number of carbonyl (C=O) groups excluding carboxylic acids is 1. The van der Waals surface area contributed by atoms with Gasteiger partial charge in [-0.05, 0) is 19.9 Å². The number of aromatic carboxylic acids is 1. The van der Waals surface area contributed by atoms with E-state index >= 15 is 0 Å². The highest BCUT2D eigenvalue weighted by Crippen LogP contribution is 2.16. The van der Waals surface area contributed by atoms with E-state index in [2.05, 4.69) is 10.3 Å².